The van der Waals surface area contributed by atoms with Crippen LogP contribution in [0.2, 0.25) is 0 Å². The molecule has 0 aromatic rings. The summed E-state index contributed by atoms with van der Waals surface area (Å²) in [6.07, 6.45) is 2.84. The van der Waals surface area contributed by atoms with E-state index in [0.29, 0.717) is 12.3 Å². The average Bonchev–Trinajstić information content (AvgIpc) is 2.25. The third-order valence-electron chi connectivity index (χ3n) is 4.68. The molecule has 0 aromatic heterocycles. The lowest BCUT2D eigenvalue weighted by molar-refractivity contribution is -0.165. The number of carboxylic acids is 2. The van der Waals surface area contributed by atoms with E-state index < -0.39 is 17.4 Å². The van der Waals surface area contributed by atoms with E-state index in [4.69, 9.17) is 0 Å². The number of hydrogen-bond donors (Lipinski definition) is 3. The summed E-state index contributed by atoms with van der Waals surface area (Å²) in [5, 5.41) is 22.3. The molecule has 0 amide bonds. The first-order chi connectivity index (χ1) is 9.44. The lowest BCUT2D eigenvalue weighted by Gasteiger charge is -2.47. The van der Waals surface area contributed by atoms with Crippen molar-refractivity contribution >= 4 is 11.9 Å². The molecule has 1 rings (SSSR count). The van der Waals surface area contributed by atoms with Gasteiger partial charge in [-0.1, -0.05) is 6.92 Å². The first kappa shape index (κ1) is 18.0. The van der Waals surface area contributed by atoms with Gasteiger partial charge < -0.3 is 15.5 Å². The molecule has 0 saturated carbocycles. The Labute approximate surface area is 127 Å². The van der Waals surface area contributed by atoms with Gasteiger partial charge in [0.1, 0.15) is 0 Å². The van der Waals surface area contributed by atoms with Crippen LogP contribution in [0.3, 0.4) is 0 Å². The fraction of sp³-hybridized carbons (Fsp3) is 0.875. The zero-order chi connectivity index (χ0) is 16.5. The maximum atomic E-state index is 11.4. The van der Waals surface area contributed by atoms with Gasteiger partial charge in [-0.05, 0) is 65.7 Å². The van der Waals surface area contributed by atoms with Crippen LogP contribution in [0.1, 0.15) is 66.7 Å². The summed E-state index contributed by atoms with van der Waals surface area (Å²) < 4.78 is 0. The Morgan fingerprint density at radius 3 is 1.86 bits per heavy atom. The largest absolute Gasteiger partial charge is 0.480 e. The van der Waals surface area contributed by atoms with Crippen LogP contribution in [-0.4, -0.2) is 33.2 Å². The zero-order valence-electron chi connectivity index (χ0n) is 13.8. The second-order valence-electron chi connectivity index (χ2n) is 7.75. The Balaban J connectivity index is 2.81. The number of carbonyl (C=O) groups is 2. The maximum absolute atomic E-state index is 11.4. The normalized spacial score (nSPS) is 22.0. The van der Waals surface area contributed by atoms with Crippen molar-refractivity contribution in [3.63, 3.8) is 0 Å². The lowest BCUT2D eigenvalue weighted by Crippen LogP contribution is -2.57. The van der Waals surface area contributed by atoms with Crippen LogP contribution < -0.4 is 5.32 Å². The first-order valence-corrected chi connectivity index (χ1v) is 7.70. The second kappa shape index (κ2) is 5.95. The van der Waals surface area contributed by atoms with Crippen molar-refractivity contribution in [1.29, 1.82) is 0 Å². The molecule has 0 unspecified atom stereocenters. The SMILES string of the molecule is CCC(CCC1CC(C)(C)NC(C)(C)C1)(C(=O)O)C(=O)O. The van der Waals surface area contributed by atoms with E-state index in [2.05, 4.69) is 33.0 Å². The van der Waals surface area contributed by atoms with Crippen molar-refractivity contribution < 1.29 is 19.8 Å². The third kappa shape index (κ3) is 4.19. The summed E-state index contributed by atoms with van der Waals surface area (Å²) in [4.78, 5) is 22.9. The van der Waals surface area contributed by atoms with Crippen LogP contribution in [0.25, 0.3) is 0 Å². The van der Waals surface area contributed by atoms with Gasteiger partial charge in [-0.2, -0.15) is 0 Å². The van der Waals surface area contributed by atoms with Crippen molar-refractivity contribution in [3.8, 4) is 0 Å². The molecule has 1 aliphatic rings. The number of rotatable bonds is 6. The summed E-state index contributed by atoms with van der Waals surface area (Å²) in [7, 11) is 0. The quantitative estimate of drug-likeness (QED) is 0.656. The predicted molar refractivity (Wildman–Crippen MR) is 81.2 cm³/mol. The Hall–Kier alpha value is -1.10. The first-order valence-electron chi connectivity index (χ1n) is 7.70. The number of nitrogens with one attached hydrogen (secondary N) is 1. The molecular formula is C16H29NO4. The lowest BCUT2D eigenvalue weighted by atomic mass is 9.71. The highest BCUT2D eigenvalue weighted by Crippen LogP contribution is 2.39. The Morgan fingerprint density at radius 1 is 1.10 bits per heavy atom. The van der Waals surface area contributed by atoms with Gasteiger partial charge in [0.15, 0.2) is 5.41 Å². The number of aliphatic carboxylic acids is 2. The summed E-state index contributed by atoms with van der Waals surface area (Å²) in [6.45, 7) is 10.2. The highest BCUT2D eigenvalue weighted by Gasteiger charge is 2.46. The van der Waals surface area contributed by atoms with E-state index in [1.54, 1.807) is 6.92 Å². The molecule has 1 fully saturated rings. The summed E-state index contributed by atoms with van der Waals surface area (Å²) in [5.41, 5.74) is -1.65. The van der Waals surface area contributed by atoms with Crippen molar-refractivity contribution in [2.45, 2.75) is 77.8 Å². The molecule has 1 heterocycles. The molecule has 0 radical (unpaired) electrons. The topological polar surface area (TPSA) is 86.6 Å². The number of piperidine rings is 1. The average molecular weight is 299 g/mol. The highest BCUT2D eigenvalue weighted by atomic mass is 16.4. The van der Waals surface area contributed by atoms with Gasteiger partial charge in [-0.25, -0.2) is 0 Å². The molecule has 122 valence electrons. The highest BCUT2D eigenvalue weighted by molar-refractivity contribution is 5.98. The molecule has 1 saturated heterocycles. The van der Waals surface area contributed by atoms with E-state index in [1.807, 2.05) is 0 Å². The van der Waals surface area contributed by atoms with E-state index in [9.17, 15) is 19.8 Å². The summed E-state index contributed by atoms with van der Waals surface area (Å²) in [6, 6.07) is 0. The fourth-order valence-corrected chi connectivity index (χ4v) is 3.97. The second-order valence-corrected chi connectivity index (χ2v) is 7.75. The summed E-state index contributed by atoms with van der Waals surface area (Å²) in [5.74, 6) is -2.09. The van der Waals surface area contributed by atoms with Gasteiger partial charge in [-0.15, -0.1) is 0 Å². The van der Waals surface area contributed by atoms with Crippen LogP contribution in [0, 0.1) is 11.3 Å². The molecule has 0 atom stereocenters. The van der Waals surface area contributed by atoms with E-state index >= 15 is 0 Å². The number of carboxylic acid groups (broad SMARTS) is 2. The minimum Gasteiger partial charge on any atom is -0.480 e. The minimum atomic E-state index is -1.64. The van der Waals surface area contributed by atoms with Crippen LogP contribution in [0.15, 0.2) is 0 Å². The summed E-state index contributed by atoms with van der Waals surface area (Å²) >= 11 is 0. The third-order valence-corrected chi connectivity index (χ3v) is 4.68. The van der Waals surface area contributed by atoms with Crippen molar-refractivity contribution in [3.05, 3.63) is 0 Å². The van der Waals surface area contributed by atoms with E-state index in [-0.39, 0.29) is 23.9 Å². The Kier molecular flexibility index (Phi) is 5.09. The van der Waals surface area contributed by atoms with Gasteiger partial charge in [0, 0.05) is 11.1 Å². The molecule has 0 aromatic carbocycles. The van der Waals surface area contributed by atoms with Crippen molar-refractivity contribution in [1.82, 2.24) is 5.32 Å². The van der Waals surface area contributed by atoms with Crippen LogP contribution in [-0.2, 0) is 9.59 Å². The molecule has 1 aliphatic heterocycles. The van der Waals surface area contributed by atoms with Gasteiger partial charge in [0.2, 0.25) is 0 Å². The zero-order valence-corrected chi connectivity index (χ0v) is 13.8. The molecule has 5 heteroatoms. The van der Waals surface area contributed by atoms with Gasteiger partial charge in [0.05, 0.1) is 0 Å². The number of hydrogen-bond acceptors (Lipinski definition) is 3. The van der Waals surface area contributed by atoms with Crippen molar-refractivity contribution in [2.75, 3.05) is 0 Å². The van der Waals surface area contributed by atoms with E-state index in [0.717, 1.165) is 12.8 Å². The molecule has 0 aliphatic carbocycles. The molecule has 5 nitrogen and oxygen atoms in total. The molecule has 0 bridgehead atoms. The minimum absolute atomic E-state index is 0.00621. The monoisotopic (exact) mass is 299 g/mol. The van der Waals surface area contributed by atoms with Crippen LogP contribution in [0.5, 0.6) is 0 Å². The van der Waals surface area contributed by atoms with Crippen LogP contribution in [0.4, 0.5) is 0 Å². The Morgan fingerprint density at radius 2 is 1.52 bits per heavy atom. The molecule has 0 spiro atoms. The Bertz CT molecular complexity index is 385. The van der Waals surface area contributed by atoms with Gasteiger partial charge >= 0.3 is 11.9 Å². The van der Waals surface area contributed by atoms with Gasteiger partial charge in [-0.3, -0.25) is 9.59 Å². The van der Waals surface area contributed by atoms with Gasteiger partial charge in [0.25, 0.3) is 0 Å². The molecular weight excluding hydrogens is 270 g/mol. The maximum Gasteiger partial charge on any atom is 0.321 e. The van der Waals surface area contributed by atoms with E-state index in [1.165, 1.54) is 0 Å². The fourth-order valence-electron chi connectivity index (χ4n) is 3.97. The smallest absolute Gasteiger partial charge is 0.321 e. The standard InChI is InChI=1S/C16H29NO4/c1-6-16(12(18)19,13(20)21)8-7-11-9-14(2,3)17-15(4,5)10-11/h11,17H,6-10H2,1-5H3,(H,18,19)(H,20,21). The molecule has 3 N–H and O–H groups in total. The van der Waals surface area contributed by atoms with Crippen LogP contribution >= 0.6 is 0 Å². The van der Waals surface area contributed by atoms with Crippen molar-refractivity contribution in [2.24, 2.45) is 11.3 Å². The molecule has 21 heavy (non-hydrogen) atoms. The predicted octanol–water partition coefficient (Wildman–Crippen LogP) is 2.89.